The summed E-state index contributed by atoms with van der Waals surface area (Å²) in [7, 11) is 1.38. The minimum atomic E-state index is -0.760. The standard InChI is InChI=1S/C25H31Cl2NO6/c1-6-16(7-2)24(34-20-9-8-17(26)13-18(20)27)15(4)33-25(31)14(3)12-19(29)22-23(30)21(32-5)10-11-28-22/h8-11,13-16,24,30H,6-7,12H2,1-5H3/t14-,15+,24+/m1/s1. The molecule has 2 aromatic rings. The summed E-state index contributed by atoms with van der Waals surface area (Å²) in [5, 5.41) is 11.0. The molecule has 1 aromatic heterocycles. The van der Waals surface area contributed by atoms with Gasteiger partial charge in [-0.1, -0.05) is 44.0 Å². The number of Topliss-reactive ketones (excluding diaryl/α,β-unsaturated/α-hetero) is 1. The zero-order valence-electron chi connectivity index (χ0n) is 20.0. The fourth-order valence-corrected chi connectivity index (χ4v) is 4.13. The summed E-state index contributed by atoms with van der Waals surface area (Å²) in [5.74, 6) is -1.47. The number of hydrogen-bond acceptors (Lipinski definition) is 7. The fourth-order valence-electron chi connectivity index (χ4n) is 3.68. The Balaban J connectivity index is 2.12. The van der Waals surface area contributed by atoms with Crippen LogP contribution >= 0.6 is 23.2 Å². The molecular weight excluding hydrogens is 481 g/mol. The topological polar surface area (TPSA) is 95.0 Å². The van der Waals surface area contributed by atoms with Gasteiger partial charge in [0.2, 0.25) is 0 Å². The molecule has 0 aliphatic heterocycles. The Kier molecular flexibility index (Phi) is 10.5. The molecule has 0 saturated heterocycles. The highest BCUT2D eigenvalue weighted by Crippen LogP contribution is 2.32. The Labute approximate surface area is 210 Å². The first-order valence-corrected chi connectivity index (χ1v) is 12.0. The lowest BCUT2D eigenvalue weighted by Crippen LogP contribution is -2.40. The molecule has 34 heavy (non-hydrogen) atoms. The van der Waals surface area contributed by atoms with Crippen LogP contribution in [0.5, 0.6) is 17.2 Å². The number of nitrogens with zero attached hydrogens (tertiary/aromatic N) is 1. The molecular formula is C25H31Cl2NO6. The van der Waals surface area contributed by atoms with Crippen molar-refractivity contribution in [3.63, 3.8) is 0 Å². The number of pyridine rings is 1. The van der Waals surface area contributed by atoms with Gasteiger partial charge in [-0.05, 0) is 43.9 Å². The first kappa shape index (κ1) is 27.7. The highest BCUT2D eigenvalue weighted by Gasteiger charge is 2.32. The quantitative estimate of drug-likeness (QED) is 0.270. The summed E-state index contributed by atoms with van der Waals surface area (Å²) in [4.78, 5) is 29.4. The van der Waals surface area contributed by atoms with Gasteiger partial charge in [0.1, 0.15) is 18.0 Å². The van der Waals surface area contributed by atoms with E-state index in [4.69, 9.17) is 37.4 Å². The molecule has 9 heteroatoms. The molecule has 0 aliphatic carbocycles. The summed E-state index contributed by atoms with van der Waals surface area (Å²) in [6.07, 6.45) is 1.73. The predicted octanol–water partition coefficient (Wildman–Crippen LogP) is 6.13. The molecule has 0 fully saturated rings. The Hall–Kier alpha value is -2.51. The minimum absolute atomic E-state index is 0.101. The van der Waals surface area contributed by atoms with E-state index in [1.807, 2.05) is 13.8 Å². The molecule has 0 spiro atoms. The Morgan fingerprint density at radius 1 is 1.09 bits per heavy atom. The maximum Gasteiger partial charge on any atom is 0.309 e. The normalized spacial score (nSPS) is 13.8. The van der Waals surface area contributed by atoms with Crippen LogP contribution in [0, 0.1) is 11.8 Å². The van der Waals surface area contributed by atoms with Gasteiger partial charge in [-0.15, -0.1) is 0 Å². The minimum Gasteiger partial charge on any atom is -0.503 e. The van der Waals surface area contributed by atoms with Gasteiger partial charge in [0.25, 0.3) is 0 Å². The maximum atomic E-state index is 12.8. The second-order valence-corrected chi connectivity index (χ2v) is 8.96. The van der Waals surface area contributed by atoms with E-state index >= 15 is 0 Å². The molecule has 0 amide bonds. The number of hydrogen-bond donors (Lipinski definition) is 1. The van der Waals surface area contributed by atoms with Crippen molar-refractivity contribution < 1.29 is 28.9 Å². The van der Waals surface area contributed by atoms with E-state index in [0.717, 1.165) is 12.8 Å². The number of esters is 1. The lowest BCUT2D eigenvalue weighted by atomic mass is 9.92. The van der Waals surface area contributed by atoms with Gasteiger partial charge in [-0.2, -0.15) is 0 Å². The van der Waals surface area contributed by atoms with Crippen molar-refractivity contribution in [1.82, 2.24) is 4.98 Å². The van der Waals surface area contributed by atoms with Crippen molar-refractivity contribution in [2.75, 3.05) is 7.11 Å². The SMILES string of the molecule is CCC(CC)[C@@H](Oc1ccc(Cl)cc1Cl)[C@H](C)OC(=O)[C@H](C)CC(=O)c1nccc(OC)c1O. The van der Waals surface area contributed by atoms with Crippen LogP contribution in [0.4, 0.5) is 0 Å². The third-order valence-electron chi connectivity index (χ3n) is 5.70. The van der Waals surface area contributed by atoms with E-state index in [0.29, 0.717) is 15.8 Å². The third kappa shape index (κ3) is 7.00. The van der Waals surface area contributed by atoms with E-state index in [9.17, 15) is 14.7 Å². The number of aromatic hydroxyl groups is 1. The number of carbonyl (C=O) groups excluding carboxylic acids is 2. The van der Waals surface area contributed by atoms with Gasteiger partial charge >= 0.3 is 5.97 Å². The van der Waals surface area contributed by atoms with Crippen molar-refractivity contribution in [3.8, 4) is 17.2 Å². The third-order valence-corrected chi connectivity index (χ3v) is 6.23. The summed E-state index contributed by atoms with van der Waals surface area (Å²) < 4.78 is 16.9. The van der Waals surface area contributed by atoms with Crippen LogP contribution in [-0.4, -0.2) is 41.2 Å². The molecule has 0 unspecified atom stereocenters. The average molecular weight is 512 g/mol. The smallest absolute Gasteiger partial charge is 0.309 e. The second kappa shape index (κ2) is 12.8. The van der Waals surface area contributed by atoms with E-state index in [1.165, 1.54) is 19.4 Å². The van der Waals surface area contributed by atoms with Crippen LogP contribution in [0.15, 0.2) is 30.5 Å². The highest BCUT2D eigenvalue weighted by atomic mass is 35.5. The Morgan fingerprint density at radius 3 is 2.35 bits per heavy atom. The zero-order chi connectivity index (χ0) is 25.4. The van der Waals surface area contributed by atoms with Gasteiger partial charge in [0.05, 0.1) is 18.1 Å². The van der Waals surface area contributed by atoms with Gasteiger partial charge < -0.3 is 19.3 Å². The molecule has 0 radical (unpaired) electrons. The van der Waals surface area contributed by atoms with Crippen LogP contribution in [0.3, 0.4) is 0 Å². The fraction of sp³-hybridized carbons (Fsp3) is 0.480. The number of ketones is 1. The molecule has 1 N–H and O–H groups in total. The number of halogens is 2. The summed E-state index contributed by atoms with van der Waals surface area (Å²) in [6, 6.07) is 6.40. The second-order valence-electron chi connectivity index (χ2n) is 8.11. The zero-order valence-corrected chi connectivity index (χ0v) is 21.5. The predicted molar refractivity (Wildman–Crippen MR) is 131 cm³/mol. The number of aromatic nitrogens is 1. The van der Waals surface area contributed by atoms with E-state index in [-0.39, 0.29) is 29.5 Å². The maximum absolute atomic E-state index is 12.8. The molecule has 3 atom stereocenters. The molecule has 0 bridgehead atoms. The van der Waals surface area contributed by atoms with E-state index in [1.54, 1.807) is 32.0 Å². The molecule has 7 nitrogen and oxygen atoms in total. The molecule has 1 aromatic carbocycles. The lowest BCUT2D eigenvalue weighted by molar-refractivity contribution is -0.158. The van der Waals surface area contributed by atoms with Gasteiger partial charge in [-0.25, -0.2) is 4.98 Å². The largest absolute Gasteiger partial charge is 0.503 e. The molecule has 186 valence electrons. The summed E-state index contributed by atoms with van der Waals surface area (Å²) in [6.45, 7) is 7.43. The number of benzene rings is 1. The van der Waals surface area contributed by atoms with Crippen LogP contribution < -0.4 is 9.47 Å². The summed E-state index contributed by atoms with van der Waals surface area (Å²) in [5.41, 5.74) is -0.150. The van der Waals surface area contributed by atoms with E-state index < -0.39 is 29.9 Å². The number of rotatable bonds is 12. The first-order chi connectivity index (χ1) is 16.1. The van der Waals surface area contributed by atoms with Crippen LogP contribution in [0.1, 0.15) is 57.4 Å². The molecule has 0 saturated carbocycles. The van der Waals surface area contributed by atoms with Crippen molar-refractivity contribution in [2.24, 2.45) is 11.8 Å². The number of ether oxygens (including phenoxy) is 3. The van der Waals surface area contributed by atoms with E-state index in [2.05, 4.69) is 4.98 Å². The van der Waals surface area contributed by atoms with Gasteiger partial charge in [0.15, 0.2) is 23.0 Å². The van der Waals surface area contributed by atoms with Crippen molar-refractivity contribution >= 4 is 35.0 Å². The molecule has 2 rings (SSSR count). The molecule has 1 heterocycles. The van der Waals surface area contributed by atoms with Crippen LogP contribution in [-0.2, 0) is 9.53 Å². The Morgan fingerprint density at radius 2 is 1.76 bits per heavy atom. The van der Waals surface area contributed by atoms with Gasteiger partial charge in [-0.3, -0.25) is 9.59 Å². The average Bonchev–Trinajstić information content (AvgIpc) is 2.80. The van der Waals surface area contributed by atoms with Gasteiger partial charge in [0, 0.05) is 23.7 Å². The summed E-state index contributed by atoms with van der Waals surface area (Å²) >= 11 is 12.3. The lowest BCUT2D eigenvalue weighted by Gasteiger charge is -2.32. The van der Waals surface area contributed by atoms with Crippen molar-refractivity contribution in [3.05, 3.63) is 46.2 Å². The first-order valence-electron chi connectivity index (χ1n) is 11.2. The monoisotopic (exact) mass is 511 g/mol. The molecule has 0 aliphatic rings. The van der Waals surface area contributed by atoms with Crippen LogP contribution in [0.2, 0.25) is 10.0 Å². The number of carbonyl (C=O) groups is 2. The van der Waals surface area contributed by atoms with Crippen LogP contribution in [0.25, 0.3) is 0 Å². The highest BCUT2D eigenvalue weighted by molar-refractivity contribution is 6.35. The van der Waals surface area contributed by atoms with Crippen molar-refractivity contribution in [1.29, 1.82) is 0 Å². The Bertz CT molecular complexity index is 995. The van der Waals surface area contributed by atoms with Crippen molar-refractivity contribution in [2.45, 2.75) is 59.2 Å². The number of methoxy groups -OCH3 is 1.